The molecule has 5 heterocycles. The molecule has 3 amide bonds. The Hall–Kier alpha value is -4.61. The van der Waals surface area contributed by atoms with Crippen molar-refractivity contribution < 1.29 is 31.2 Å². The lowest BCUT2D eigenvalue weighted by Crippen LogP contribution is -2.49. The summed E-state index contributed by atoms with van der Waals surface area (Å²) in [5.41, 5.74) is 2.10. The number of anilines is 2. The third-order valence-electron chi connectivity index (χ3n) is 10.9. The Morgan fingerprint density at radius 3 is 2.31 bits per heavy atom. The summed E-state index contributed by atoms with van der Waals surface area (Å²) in [7, 11) is -1.87. The monoisotopic (exact) mass is 781 g/mol. The molecule has 2 aromatic carbocycles. The number of alkyl halides is 3. The van der Waals surface area contributed by atoms with Crippen molar-refractivity contribution in [3.8, 4) is 0 Å². The minimum atomic E-state index is -4.52. The fraction of sp³-hybridized carbons (Fsp3) is 0.500. The number of nitrogens with zero attached hydrogens (tertiary/aromatic N) is 7. The molecule has 2 aromatic heterocycles. The van der Waals surface area contributed by atoms with Gasteiger partial charge < -0.3 is 10.2 Å². The lowest BCUT2D eigenvalue weighted by atomic mass is 9.83. The van der Waals surface area contributed by atoms with E-state index in [0.29, 0.717) is 37.5 Å². The van der Waals surface area contributed by atoms with Crippen LogP contribution in [0.25, 0.3) is 10.9 Å². The first-order valence-corrected chi connectivity index (χ1v) is 20.0. The number of hydrogen-bond donors (Lipinski definition) is 2. The summed E-state index contributed by atoms with van der Waals surface area (Å²) in [6.07, 6.45) is 0.836. The minimum absolute atomic E-state index is 0.0822. The molecular formula is C38H46F3N9O4S. The number of rotatable bonds is 10. The molecule has 2 N–H and O–H groups in total. The number of carbonyl (C=O) groups is 2. The lowest BCUT2D eigenvalue weighted by Gasteiger charge is -2.38. The zero-order valence-corrected chi connectivity index (χ0v) is 32.0. The highest BCUT2D eigenvalue weighted by Gasteiger charge is 2.34. The van der Waals surface area contributed by atoms with Gasteiger partial charge in [-0.1, -0.05) is 32.0 Å². The molecule has 17 heteroatoms. The molecule has 294 valence electrons. The van der Waals surface area contributed by atoms with Gasteiger partial charge in [0.1, 0.15) is 0 Å². The van der Waals surface area contributed by atoms with Crippen LogP contribution in [0.15, 0.2) is 59.8 Å². The molecule has 0 saturated carbocycles. The summed E-state index contributed by atoms with van der Waals surface area (Å²) in [5.74, 6) is 0.747. The average Bonchev–Trinajstić information content (AvgIpc) is 3.46. The van der Waals surface area contributed by atoms with Gasteiger partial charge in [-0.15, -0.1) is 0 Å². The number of fused-ring (bicyclic) bond motifs is 1. The molecule has 3 saturated heterocycles. The second-order valence-corrected chi connectivity index (χ2v) is 17.6. The van der Waals surface area contributed by atoms with E-state index in [-0.39, 0.29) is 47.7 Å². The van der Waals surface area contributed by atoms with Gasteiger partial charge in [0.05, 0.1) is 16.0 Å². The smallest absolute Gasteiger partial charge is 0.351 e. The van der Waals surface area contributed by atoms with Crippen molar-refractivity contribution in [2.24, 2.45) is 12.5 Å². The molecule has 7 rings (SSSR count). The first-order valence-electron chi connectivity index (χ1n) is 18.6. The van der Waals surface area contributed by atoms with Crippen molar-refractivity contribution in [3.05, 3.63) is 71.5 Å². The van der Waals surface area contributed by atoms with Crippen LogP contribution in [-0.2, 0) is 34.5 Å². The molecule has 3 aliphatic heterocycles. The van der Waals surface area contributed by atoms with Crippen LogP contribution in [0.3, 0.4) is 0 Å². The number of amides is 3. The summed E-state index contributed by atoms with van der Waals surface area (Å²) in [6.45, 7) is 8.00. The van der Waals surface area contributed by atoms with Crippen LogP contribution in [0.2, 0.25) is 0 Å². The maximum atomic E-state index is 13.7. The van der Waals surface area contributed by atoms with Crippen LogP contribution in [-0.4, -0.2) is 94.6 Å². The van der Waals surface area contributed by atoms with Gasteiger partial charge in [-0.05, 0) is 91.9 Å². The van der Waals surface area contributed by atoms with Crippen LogP contribution in [0, 0.1) is 5.41 Å². The standard InChI is InChI=1S/C38H46F3N9O4S/c1-37(2,24-48-14-9-26(10-15-48)27-7-8-31-32(20-27)47(3)46-34(31)50-18-13-33(51)45-36(50)52)21-25-5-4-6-30(19-25)55(53,54)49-16-11-29(12-17-49)44-35-42-22-28(23-43-35)38(39,40)41/h4-8,19-20,22-23,26,29H,9-18,21,24H2,1-3H3,(H,42,43,44)(H,45,51,52). The third kappa shape index (κ3) is 8.63. The van der Waals surface area contributed by atoms with Crippen molar-refractivity contribution in [1.82, 2.24) is 34.3 Å². The van der Waals surface area contributed by atoms with Gasteiger partial charge in [0.25, 0.3) is 0 Å². The van der Waals surface area contributed by atoms with Gasteiger partial charge in [-0.2, -0.15) is 22.6 Å². The Balaban J connectivity index is 0.914. The fourth-order valence-electron chi connectivity index (χ4n) is 8.05. The summed E-state index contributed by atoms with van der Waals surface area (Å²) >= 11 is 0. The maximum absolute atomic E-state index is 13.7. The van der Waals surface area contributed by atoms with E-state index in [0.717, 1.165) is 61.3 Å². The zero-order chi connectivity index (χ0) is 39.1. The molecule has 3 fully saturated rings. The first-order chi connectivity index (χ1) is 26.1. The van der Waals surface area contributed by atoms with Crippen LogP contribution in [0.1, 0.15) is 68.6 Å². The van der Waals surface area contributed by atoms with Gasteiger partial charge in [0.2, 0.25) is 21.9 Å². The molecule has 3 aliphatic rings. The number of nitrogens with one attached hydrogen (secondary N) is 2. The fourth-order valence-corrected chi connectivity index (χ4v) is 9.59. The van der Waals surface area contributed by atoms with E-state index in [9.17, 15) is 31.2 Å². The molecule has 0 atom stereocenters. The number of aromatic nitrogens is 4. The third-order valence-corrected chi connectivity index (χ3v) is 12.8. The van der Waals surface area contributed by atoms with E-state index in [2.05, 4.69) is 56.6 Å². The Morgan fingerprint density at radius 2 is 1.64 bits per heavy atom. The first kappa shape index (κ1) is 38.7. The number of halogens is 3. The summed E-state index contributed by atoms with van der Waals surface area (Å²) in [5, 5.41) is 10.9. The predicted molar refractivity (Wildman–Crippen MR) is 201 cm³/mol. The molecule has 0 bridgehead atoms. The minimum Gasteiger partial charge on any atom is -0.351 e. The molecule has 4 aromatic rings. The van der Waals surface area contributed by atoms with Crippen molar-refractivity contribution in [2.45, 2.75) is 75.4 Å². The summed E-state index contributed by atoms with van der Waals surface area (Å²) in [4.78, 5) is 36.0. The van der Waals surface area contributed by atoms with Crippen LogP contribution >= 0.6 is 0 Å². The maximum Gasteiger partial charge on any atom is 0.419 e. The molecule has 0 aliphatic carbocycles. The summed E-state index contributed by atoms with van der Waals surface area (Å²) < 4.78 is 69.2. The molecule has 0 radical (unpaired) electrons. The van der Waals surface area contributed by atoms with E-state index in [1.54, 1.807) is 22.9 Å². The summed E-state index contributed by atoms with van der Waals surface area (Å²) in [6, 6.07) is 12.9. The van der Waals surface area contributed by atoms with Gasteiger partial charge in [-0.3, -0.25) is 19.7 Å². The molecule has 55 heavy (non-hydrogen) atoms. The number of piperidine rings is 2. The van der Waals surface area contributed by atoms with E-state index < -0.39 is 27.8 Å². The highest BCUT2D eigenvalue weighted by atomic mass is 32.2. The Kier molecular flexibility index (Phi) is 10.6. The Morgan fingerprint density at radius 1 is 0.927 bits per heavy atom. The molecule has 0 unspecified atom stereocenters. The number of aryl methyl sites for hydroxylation is 1. The highest BCUT2D eigenvalue weighted by molar-refractivity contribution is 7.89. The Labute approximate surface area is 318 Å². The Bertz CT molecular complexity index is 2160. The quantitative estimate of drug-likeness (QED) is 0.212. The van der Waals surface area contributed by atoms with Gasteiger partial charge in [0.15, 0.2) is 5.82 Å². The second kappa shape index (κ2) is 15.1. The molecule has 13 nitrogen and oxygen atoms in total. The van der Waals surface area contributed by atoms with Gasteiger partial charge >= 0.3 is 12.2 Å². The number of imide groups is 1. The number of likely N-dealkylation sites (tertiary alicyclic amines) is 1. The largest absolute Gasteiger partial charge is 0.419 e. The number of benzene rings is 2. The van der Waals surface area contributed by atoms with E-state index in [1.807, 2.05) is 19.2 Å². The molecule has 0 spiro atoms. The average molecular weight is 782 g/mol. The van der Waals surface area contributed by atoms with E-state index >= 15 is 0 Å². The van der Waals surface area contributed by atoms with Crippen molar-refractivity contribution in [3.63, 3.8) is 0 Å². The van der Waals surface area contributed by atoms with E-state index in [4.69, 9.17) is 0 Å². The van der Waals surface area contributed by atoms with Crippen molar-refractivity contribution in [2.75, 3.05) is 49.5 Å². The predicted octanol–water partition coefficient (Wildman–Crippen LogP) is 5.54. The topological polar surface area (TPSA) is 146 Å². The SMILES string of the molecule is Cn1nc(N2CCC(=O)NC2=O)c2ccc(C3CCN(CC(C)(C)Cc4cccc(S(=O)(=O)N5CCC(Nc6ncc(C(F)(F)F)cn6)CC5)c4)CC3)cc21. The number of urea groups is 1. The van der Waals surface area contributed by atoms with Gasteiger partial charge in [0, 0.05) is 63.5 Å². The highest BCUT2D eigenvalue weighted by Crippen LogP contribution is 2.35. The van der Waals surface area contributed by atoms with Crippen LogP contribution in [0.4, 0.5) is 29.7 Å². The number of hydrogen-bond acceptors (Lipinski definition) is 9. The molecular weight excluding hydrogens is 736 g/mol. The van der Waals surface area contributed by atoms with Crippen molar-refractivity contribution in [1.29, 1.82) is 0 Å². The van der Waals surface area contributed by atoms with Crippen LogP contribution in [0.5, 0.6) is 0 Å². The van der Waals surface area contributed by atoms with Crippen molar-refractivity contribution >= 4 is 44.6 Å². The number of carbonyl (C=O) groups excluding carboxylic acids is 2. The lowest BCUT2D eigenvalue weighted by molar-refractivity contribution is -0.138. The normalized spacial score (nSPS) is 18.9. The van der Waals surface area contributed by atoms with Gasteiger partial charge in [-0.25, -0.2) is 23.2 Å². The number of sulfonamides is 1. The zero-order valence-electron chi connectivity index (χ0n) is 31.1. The van der Waals surface area contributed by atoms with E-state index in [1.165, 1.54) is 14.8 Å². The second-order valence-electron chi connectivity index (χ2n) is 15.6. The van der Waals surface area contributed by atoms with Crippen LogP contribution < -0.4 is 15.5 Å².